The average Bonchev–Trinajstić information content (AvgIpc) is 3.23. The van der Waals surface area contributed by atoms with Gasteiger partial charge in [-0.15, -0.1) is 0 Å². The Morgan fingerprint density at radius 3 is 2.74 bits per heavy atom. The molecule has 0 amide bonds. The highest BCUT2D eigenvalue weighted by molar-refractivity contribution is 6.31. The summed E-state index contributed by atoms with van der Waals surface area (Å²) in [6.45, 7) is 0. The van der Waals surface area contributed by atoms with Crippen molar-refractivity contribution in [1.29, 1.82) is 0 Å². The molecule has 19 heavy (non-hydrogen) atoms. The molecule has 2 nitrogen and oxygen atoms in total. The van der Waals surface area contributed by atoms with Gasteiger partial charge < -0.3 is 5.32 Å². The lowest BCUT2D eigenvalue weighted by molar-refractivity contribution is 0.517. The Bertz CT molecular complexity index is 556. The highest BCUT2D eigenvalue weighted by Gasteiger charge is 2.44. The van der Waals surface area contributed by atoms with Crippen LogP contribution in [0.5, 0.6) is 0 Å². The van der Waals surface area contributed by atoms with Gasteiger partial charge in [0.2, 0.25) is 0 Å². The van der Waals surface area contributed by atoms with Gasteiger partial charge in [0.1, 0.15) is 0 Å². The summed E-state index contributed by atoms with van der Waals surface area (Å²) in [5, 5.41) is 4.16. The summed E-state index contributed by atoms with van der Waals surface area (Å²) in [5.74, 6) is 1.26. The summed E-state index contributed by atoms with van der Waals surface area (Å²) in [6.07, 6.45) is 4.75. The maximum atomic E-state index is 6.26. The molecule has 0 spiro atoms. The third-order valence-electron chi connectivity index (χ3n) is 3.95. The van der Waals surface area contributed by atoms with Crippen molar-refractivity contribution in [2.24, 2.45) is 5.92 Å². The molecule has 1 aliphatic rings. The molecular weight excluding hydrogens is 256 g/mol. The first-order valence-electron chi connectivity index (χ1n) is 6.63. The van der Waals surface area contributed by atoms with Crippen LogP contribution in [0.3, 0.4) is 0 Å². The lowest BCUT2D eigenvalue weighted by Crippen LogP contribution is -2.19. The first-order valence-corrected chi connectivity index (χ1v) is 7.00. The molecule has 1 aromatic heterocycles. The molecule has 3 atom stereocenters. The van der Waals surface area contributed by atoms with Crippen LogP contribution in [0, 0.1) is 5.92 Å². The van der Waals surface area contributed by atoms with Gasteiger partial charge in [-0.1, -0.05) is 41.9 Å². The summed E-state index contributed by atoms with van der Waals surface area (Å²) in [5.41, 5.74) is 2.58. The van der Waals surface area contributed by atoms with Crippen molar-refractivity contribution in [1.82, 2.24) is 10.3 Å². The fourth-order valence-electron chi connectivity index (χ4n) is 2.90. The molecule has 0 saturated heterocycles. The molecule has 0 aliphatic heterocycles. The molecule has 1 N–H and O–H groups in total. The first kappa shape index (κ1) is 12.6. The van der Waals surface area contributed by atoms with E-state index in [0.717, 1.165) is 10.6 Å². The van der Waals surface area contributed by atoms with E-state index in [0.29, 0.717) is 17.9 Å². The normalized spacial score (nSPS) is 23.1. The van der Waals surface area contributed by atoms with Crippen LogP contribution in [-0.2, 0) is 0 Å². The van der Waals surface area contributed by atoms with Crippen molar-refractivity contribution in [3.8, 4) is 0 Å². The third kappa shape index (κ3) is 2.51. The second-order valence-electron chi connectivity index (χ2n) is 5.08. The first-order chi connectivity index (χ1) is 9.31. The molecule has 98 valence electrons. The van der Waals surface area contributed by atoms with Crippen molar-refractivity contribution in [2.75, 3.05) is 7.05 Å². The Hall–Kier alpha value is -1.38. The summed E-state index contributed by atoms with van der Waals surface area (Å²) in [4.78, 5) is 4.06. The van der Waals surface area contributed by atoms with Gasteiger partial charge in [0.05, 0.1) is 5.02 Å². The smallest absolute Gasteiger partial charge is 0.0637 e. The van der Waals surface area contributed by atoms with E-state index in [9.17, 15) is 0 Å². The van der Waals surface area contributed by atoms with Crippen LogP contribution in [0.4, 0.5) is 0 Å². The SMILES string of the molecule is CNC(c1ccncc1Cl)C1CC1c1ccccc1. The minimum absolute atomic E-state index is 0.306. The largest absolute Gasteiger partial charge is 0.313 e. The molecule has 2 aromatic rings. The Balaban J connectivity index is 1.81. The molecule has 0 bridgehead atoms. The van der Waals surface area contributed by atoms with Gasteiger partial charge in [-0.3, -0.25) is 4.98 Å². The quantitative estimate of drug-likeness (QED) is 0.916. The molecule has 3 heteroatoms. The van der Waals surface area contributed by atoms with Crippen LogP contribution in [0.15, 0.2) is 48.8 Å². The second-order valence-corrected chi connectivity index (χ2v) is 5.49. The van der Waals surface area contributed by atoms with Crippen LogP contribution in [-0.4, -0.2) is 12.0 Å². The lowest BCUT2D eigenvalue weighted by Gasteiger charge is -2.18. The zero-order chi connectivity index (χ0) is 13.2. The zero-order valence-corrected chi connectivity index (χ0v) is 11.6. The van der Waals surface area contributed by atoms with Gasteiger partial charge in [0.25, 0.3) is 0 Å². The topological polar surface area (TPSA) is 24.9 Å². The molecule has 3 unspecified atom stereocenters. The van der Waals surface area contributed by atoms with Crippen molar-refractivity contribution < 1.29 is 0 Å². The number of nitrogens with one attached hydrogen (secondary N) is 1. The van der Waals surface area contributed by atoms with E-state index in [-0.39, 0.29) is 0 Å². The maximum Gasteiger partial charge on any atom is 0.0637 e. The maximum absolute atomic E-state index is 6.26. The Labute approximate surface area is 118 Å². The van der Waals surface area contributed by atoms with Crippen LogP contribution in [0.2, 0.25) is 5.02 Å². The molecule has 3 rings (SSSR count). The third-order valence-corrected chi connectivity index (χ3v) is 4.26. The summed E-state index contributed by atoms with van der Waals surface area (Å²) in [7, 11) is 2.00. The molecule has 1 saturated carbocycles. The average molecular weight is 273 g/mol. The number of halogens is 1. The van der Waals surface area contributed by atoms with Gasteiger partial charge in [-0.25, -0.2) is 0 Å². The van der Waals surface area contributed by atoms with E-state index in [1.54, 1.807) is 6.20 Å². The number of nitrogens with zero attached hydrogens (tertiary/aromatic N) is 1. The minimum atomic E-state index is 0.306. The van der Waals surface area contributed by atoms with Gasteiger partial charge in [-0.05, 0) is 42.5 Å². The van der Waals surface area contributed by atoms with Crippen molar-refractivity contribution in [3.05, 3.63) is 64.9 Å². The fourth-order valence-corrected chi connectivity index (χ4v) is 3.14. The van der Waals surface area contributed by atoms with Crippen LogP contribution < -0.4 is 5.32 Å². The van der Waals surface area contributed by atoms with Gasteiger partial charge in [0, 0.05) is 18.4 Å². The molecule has 0 radical (unpaired) electrons. The zero-order valence-electron chi connectivity index (χ0n) is 10.9. The minimum Gasteiger partial charge on any atom is -0.313 e. The summed E-state index contributed by atoms with van der Waals surface area (Å²) < 4.78 is 0. The van der Waals surface area contributed by atoms with Crippen molar-refractivity contribution in [3.63, 3.8) is 0 Å². The van der Waals surface area contributed by atoms with E-state index in [4.69, 9.17) is 11.6 Å². The number of pyridine rings is 1. The number of hydrogen-bond acceptors (Lipinski definition) is 2. The second kappa shape index (κ2) is 5.32. The highest BCUT2D eigenvalue weighted by atomic mass is 35.5. The van der Waals surface area contributed by atoms with E-state index in [2.05, 4.69) is 40.6 Å². The fraction of sp³-hybridized carbons (Fsp3) is 0.312. The monoisotopic (exact) mass is 272 g/mol. The number of hydrogen-bond donors (Lipinski definition) is 1. The van der Waals surface area contributed by atoms with Crippen LogP contribution in [0.1, 0.15) is 29.5 Å². The van der Waals surface area contributed by atoms with E-state index in [1.165, 1.54) is 12.0 Å². The Kier molecular flexibility index (Phi) is 3.54. The molecular formula is C16H17ClN2. The van der Waals surface area contributed by atoms with Crippen LogP contribution >= 0.6 is 11.6 Å². The predicted molar refractivity (Wildman–Crippen MR) is 78.3 cm³/mol. The molecule has 1 aliphatic carbocycles. The Morgan fingerprint density at radius 2 is 2.05 bits per heavy atom. The van der Waals surface area contributed by atoms with Gasteiger partial charge >= 0.3 is 0 Å². The summed E-state index contributed by atoms with van der Waals surface area (Å²) in [6, 6.07) is 13.0. The lowest BCUT2D eigenvalue weighted by atomic mass is 10.00. The number of rotatable bonds is 4. The Morgan fingerprint density at radius 1 is 1.26 bits per heavy atom. The number of aromatic nitrogens is 1. The van der Waals surface area contributed by atoms with E-state index in [1.807, 2.05) is 19.3 Å². The van der Waals surface area contributed by atoms with E-state index < -0.39 is 0 Å². The standard InChI is InChI=1S/C16H17ClN2/c1-18-16(12-7-8-19-10-15(12)17)14-9-13(14)11-5-3-2-4-6-11/h2-8,10,13-14,16,18H,9H2,1H3. The van der Waals surface area contributed by atoms with Gasteiger partial charge in [0.15, 0.2) is 0 Å². The molecule has 1 heterocycles. The van der Waals surface area contributed by atoms with Crippen LogP contribution in [0.25, 0.3) is 0 Å². The molecule has 1 fully saturated rings. The summed E-state index contributed by atoms with van der Waals surface area (Å²) >= 11 is 6.26. The van der Waals surface area contributed by atoms with Crippen molar-refractivity contribution >= 4 is 11.6 Å². The number of benzene rings is 1. The highest BCUT2D eigenvalue weighted by Crippen LogP contribution is 2.54. The molecule has 1 aromatic carbocycles. The van der Waals surface area contributed by atoms with Crippen molar-refractivity contribution in [2.45, 2.75) is 18.4 Å². The predicted octanol–water partition coefficient (Wildman–Crippen LogP) is 3.80. The van der Waals surface area contributed by atoms with Gasteiger partial charge in [-0.2, -0.15) is 0 Å². The van der Waals surface area contributed by atoms with E-state index >= 15 is 0 Å².